The number of carbonyl (C=O) groups excluding carboxylic acids is 1. The van der Waals surface area contributed by atoms with Crippen molar-refractivity contribution in [2.24, 2.45) is 5.41 Å². The average molecular weight is 342 g/mol. The van der Waals surface area contributed by atoms with Crippen LogP contribution in [0.2, 0.25) is 0 Å². The number of benzene rings is 1. The van der Waals surface area contributed by atoms with Crippen molar-refractivity contribution in [1.82, 2.24) is 9.80 Å². The van der Waals surface area contributed by atoms with Crippen molar-refractivity contribution < 1.29 is 9.53 Å². The number of hydrogen-bond acceptors (Lipinski definition) is 3. The summed E-state index contributed by atoms with van der Waals surface area (Å²) in [5.41, 5.74) is 1.87. The van der Waals surface area contributed by atoms with Crippen molar-refractivity contribution in [3.05, 3.63) is 35.9 Å². The second-order valence-electron chi connectivity index (χ2n) is 8.12. The van der Waals surface area contributed by atoms with Gasteiger partial charge in [0.15, 0.2) is 0 Å². The standard InChI is InChI=1S/C21H30N2O2/c24-20(23-12-7-21(8-13-23)9-14-25-15-10-21)17-22-11-6-19(16-22)18-4-2-1-3-5-18/h1-5,19H,6-17H2/t19-/m1/s1. The molecule has 136 valence electrons. The highest BCUT2D eigenvalue weighted by molar-refractivity contribution is 5.78. The molecule has 1 aromatic rings. The summed E-state index contributed by atoms with van der Waals surface area (Å²) in [6, 6.07) is 10.7. The first-order valence-corrected chi connectivity index (χ1v) is 9.87. The fraction of sp³-hybridized carbons (Fsp3) is 0.667. The smallest absolute Gasteiger partial charge is 0.236 e. The van der Waals surface area contributed by atoms with Gasteiger partial charge in [0.1, 0.15) is 0 Å². The van der Waals surface area contributed by atoms with Crippen LogP contribution in [-0.2, 0) is 9.53 Å². The third-order valence-electron chi connectivity index (χ3n) is 6.63. The van der Waals surface area contributed by atoms with Crippen molar-refractivity contribution >= 4 is 5.91 Å². The number of hydrogen-bond donors (Lipinski definition) is 0. The lowest BCUT2D eigenvalue weighted by Gasteiger charge is -2.44. The van der Waals surface area contributed by atoms with Gasteiger partial charge in [0.05, 0.1) is 6.54 Å². The Balaban J connectivity index is 1.26. The van der Waals surface area contributed by atoms with Crippen LogP contribution in [0.1, 0.15) is 43.6 Å². The third-order valence-corrected chi connectivity index (χ3v) is 6.63. The Morgan fingerprint density at radius 2 is 1.76 bits per heavy atom. The minimum Gasteiger partial charge on any atom is -0.381 e. The van der Waals surface area contributed by atoms with Crippen LogP contribution in [0.5, 0.6) is 0 Å². The maximum atomic E-state index is 12.7. The molecular formula is C21H30N2O2. The first-order chi connectivity index (χ1) is 12.2. The summed E-state index contributed by atoms with van der Waals surface area (Å²) in [7, 11) is 0. The molecule has 4 heteroatoms. The highest BCUT2D eigenvalue weighted by Crippen LogP contribution is 2.40. The summed E-state index contributed by atoms with van der Waals surface area (Å²) in [6.45, 7) is 6.35. The number of likely N-dealkylation sites (tertiary alicyclic amines) is 2. The summed E-state index contributed by atoms with van der Waals surface area (Å²) in [4.78, 5) is 17.2. The van der Waals surface area contributed by atoms with Crippen molar-refractivity contribution in [2.45, 2.75) is 38.0 Å². The minimum absolute atomic E-state index is 0.329. The molecular weight excluding hydrogens is 312 g/mol. The number of piperidine rings is 1. The molecule has 0 aliphatic carbocycles. The summed E-state index contributed by atoms with van der Waals surface area (Å²) in [6.07, 6.45) is 5.85. The fourth-order valence-corrected chi connectivity index (χ4v) is 4.80. The van der Waals surface area contributed by atoms with Crippen molar-refractivity contribution in [1.29, 1.82) is 0 Å². The maximum Gasteiger partial charge on any atom is 0.236 e. The van der Waals surface area contributed by atoms with Gasteiger partial charge in [-0.05, 0) is 55.5 Å². The Hall–Kier alpha value is -1.39. The van der Waals surface area contributed by atoms with E-state index in [1.54, 1.807) is 0 Å². The Labute approximate surface area is 151 Å². The van der Waals surface area contributed by atoms with Crippen LogP contribution in [-0.4, -0.2) is 61.6 Å². The number of amides is 1. The van der Waals surface area contributed by atoms with Crippen LogP contribution in [0.3, 0.4) is 0 Å². The lowest BCUT2D eigenvalue weighted by molar-refractivity contribution is -0.135. The summed E-state index contributed by atoms with van der Waals surface area (Å²) in [5.74, 6) is 0.913. The molecule has 3 heterocycles. The van der Waals surface area contributed by atoms with E-state index in [0.717, 1.165) is 52.2 Å². The Morgan fingerprint density at radius 3 is 2.48 bits per heavy atom. The highest BCUT2D eigenvalue weighted by atomic mass is 16.5. The molecule has 0 saturated carbocycles. The molecule has 0 radical (unpaired) electrons. The average Bonchev–Trinajstić information content (AvgIpc) is 3.12. The topological polar surface area (TPSA) is 32.8 Å². The lowest BCUT2D eigenvalue weighted by atomic mass is 9.72. The number of nitrogens with zero attached hydrogens (tertiary/aromatic N) is 2. The molecule has 1 aromatic carbocycles. The summed E-state index contributed by atoms with van der Waals surface area (Å²) < 4.78 is 5.52. The molecule has 4 rings (SSSR count). The fourth-order valence-electron chi connectivity index (χ4n) is 4.80. The van der Waals surface area contributed by atoms with Gasteiger partial charge in [0.2, 0.25) is 5.91 Å². The zero-order valence-corrected chi connectivity index (χ0v) is 15.2. The molecule has 0 N–H and O–H groups in total. The van der Waals surface area contributed by atoms with Crippen molar-refractivity contribution in [3.63, 3.8) is 0 Å². The predicted molar refractivity (Wildman–Crippen MR) is 98.5 cm³/mol. The zero-order valence-electron chi connectivity index (χ0n) is 15.2. The normalized spacial score (nSPS) is 26.9. The van der Waals surface area contributed by atoms with Crippen LogP contribution in [0, 0.1) is 5.41 Å². The predicted octanol–water partition coefficient (Wildman–Crippen LogP) is 2.90. The van der Waals surface area contributed by atoms with E-state index in [4.69, 9.17) is 4.74 Å². The molecule has 3 aliphatic heterocycles. The Kier molecular flexibility index (Phi) is 5.09. The van der Waals surface area contributed by atoms with Gasteiger partial charge in [-0.15, -0.1) is 0 Å². The molecule has 3 saturated heterocycles. The van der Waals surface area contributed by atoms with E-state index in [1.807, 2.05) is 0 Å². The minimum atomic E-state index is 0.329. The first-order valence-electron chi connectivity index (χ1n) is 9.87. The van der Waals surface area contributed by atoms with Gasteiger partial charge in [0.25, 0.3) is 0 Å². The molecule has 0 bridgehead atoms. The van der Waals surface area contributed by atoms with Gasteiger partial charge in [-0.1, -0.05) is 30.3 Å². The van der Waals surface area contributed by atoms with E-state index in [9.17, 15) is 4.79 Å². The van der Waals surface area contributed by atoms with Crippen LogP contribution in [0.25, 0.3) is 0 Å². The molecule has 25 heavy (non-hydrogen) atoms. The van der Waals surface area contributed by atoms with Gasteiger partial charge in [-0.25, -0.2) is 0 Å². The lowest BCUT2D eigenvalue weighted by Crippen LogP contribution is -2.48. The SMILES string of the molecule is O=C(CN1CC[C@@H](c2ccccc2)C1)N1CCC2(CCOCC2)CC1. The van der Waals surface area contributed by atoms with Crippen LogP contribution >= 0.6 is 0 Å². The summed E-state index contributed by atoms with van der Waals surface area (Å²) in [5, 5.41) is 0. The van der Waals surface area contributed by atoms with Gasteiger partial charge < -0.3 is 9.64 Å². The van der Waals surface area contributed by atoms with E-state index in [0.29, 0.717) is 23.8 Å². The molecule has 4 nitrogen and oxygen atoms in total. The van der Waals surface area contributed by atoms with Crippen molar-refractivity contribution in [3.8, 4) is 0 Å². The highest BCUT2D eigenvalue weighted by Gasteiger charge is 2.37. The van der Waals surface area contributed by atoms with Gasteiger partial charge in [-0.3, -0.25) is 9.69 Å². The zero-order chi connectivity index (χ0) is 17.1. The van der Waals surface area contributed by atoms with Crippen LogP contribution < -0.4 is 0 Å². The molecule has 3 fully saturated rings. The van der Waals surface area contributed by atoms with E-state index in [2.05, 4.69) is 40.1 Å². The second-order valence-corrected chi connectivity index (χ2v) is 8.12. The Bertz CT molecular complexity index is 573. The molecule has 1 atom stereocenters. The molecule has 1 amide bonds. The molecule has 3 aliphatic rings. The molecule has 0 unspecified atom stereocenters. The Morgan fingerprint density at radius 1 is 1.04 bits per heavy atom. The molecule has 1 spiro atoms. The van der Waals surface area contributed by atoms with E-state index >= 15 is 0 Å². The maximum absolute atomic E-state index is 12.7. The van der Waals surface area contributed by atoms with Gasteiger partial charge in [-0.2, -0.15) is 0 Å². The quantitative estimate of drug-likeness (QED) is 0.847. The number of carbonyl (C=O) groups is 1. The van der Waals surface area contributed by atoms with Gasteiger partial charge in [0, 0.05) is 32.8 Å². The third kappa shape index (κ3) is 3.90. The molecule has 0 aromatic heterocycles. The van der Waals surface area contributed by atoms with Crippen molar-refractivity contribution in [2.75, 3.05) is 45.9 Å². The largest absolute Gasteiger partial charge is 0.381 e. The summed E-state index contributed by atoms with van der Waals surface area (Å²) >= 11 is 0. The second kappa shape index (κ2) is 7.46. The van der Waals surface area contributed by atoms with E-state index in [-0.39, 0.29) is 0 Å². The van der Waals surface area contributed by atoms with E-state index < -0.39 is 0 Å². The number of rotatable bonds is 3. The van der Waals surface area contributed by atoms with Crippen LogP contribution in [0.4, 0.5) is 0 Å². The monoisotopic (exact) mass is 342 g/mol. The van der Waals surface area contributed by atoms with Gasteiger partial charge >= 0.3 is 0 Å². The number of ether oxygens (including phenoxy) is 1. The van der Waals surface area contributed by atoms with E-state index in [1.165, 1.54) is 24.8 Å². The first kappa shape index (κ1) is 17.0. The van der Waals surface area contributed by atoms with Crippen LogP contribution in [0.15, 0.2) is 30.3 Å².